The minimum absolute atomic E-state index is 0.0993. The van der Waals surface area contributed by atoms with Gasteiger partial charge in [-0.25, -0.2) is 8.78 Å². The SMILES string of the molecule is Cc1cc(C)c(C(O)C(F)(F)C(F)F)s1. The topological polar surface area (TPSA) is 20.2 Å². The molecule has 1 N–H and O–H groups in total. The van der Waals surface area contributed by atoms with Crippen molar-refractivity contribution in [2.45, 2.75) is 32.3 Å². The second-order valence-electron chi connectivity index (χ2n) is 3.28. The van der Waals surface area contributed by atoms with Gasteiger partial charge in [0, 0.05) is 9.75 Å². The highest BCUT2D eigenvalue weighted by atomic mass is 32.1. The number of aliphatic hydroxyl groups excluding tert-OH is 1. The van der Waals surface area contributed by atoms with Gasteiger partial charge in [0.25, 0.3) is 0 Å². The molecule has 1 aromatic rings. The molecule has 1 heterocycles. The first-order chi connectivity index (χ1) is 6.76. The molecule has 0 aliphatic heterocycles. The average molecular weight is 242 g/mol. The fourth-order valence-corrected chi connectivity index (χ4v) is 2.30. The minimum atomic E-state index is -4.40. The van der Waals surface area contributed by atoms with Crippen molar-refractivity contribution >= 4 is 11.3 Å². The Morgan fingerprint density at radius 2 is 1.87 bits per heavy atom. The Labute approximate surface area is 88.4 Å². The Hall–Kier alpha value is -0.620. The van der Waals surface area contributed by atoms with E-state index in [1.165, 1.54) is 6.92 Å². The van der Waals surface area contributed by atoms with Crippen LogP contribution >= 0.6 is 11.3 Å². The van der Waals surface area contributed by atoms with Crippen LogP contribution in [0.4, 0.5) is 17.6 Å². The van der Waals surface area contributed by atoms with Gasteiger partial charge in [-0.15, -0.1) is 11.3 Å². The van der Waals surface area contributed by atoms with Gasteiger partial charge < -0.3 is 5.11 Å². The van der Waals surface area contributed by atoms with Crippen LogP contribution in [0.2, 0.25) is 0 Å². The summed E-state index contributed by atoms with van der Waals surface area (Å²) in [7, 11) is 0. The van der Waals surface area contributed by atoms with E-state index in [9.17, 15) is 22.7 Å². The van der Waals surface area contributed by atoms with Crippen molar-refractivity contribution in [2.24, 2.45) is 0 Å². The number of thiophene rings is 1. The lowest BCUT2D eigenvalue weighted by Crippen LogP contribution is -2.34. The van der Waals surface area contributed by atoms with Crippen molar-refractivity contribution in [1.29, 1.82) is 0 Å². The second-order valence-corrected chi connectivity index (χ2v) is 4.57. The third-order valence-corrected chi connectivity index (χ3v) is 3.19. The molecular weight excluding hydrogens is 232 g/mol. The molecule has 0 amide bonds. The molecule has 1 unspecified atom stereocenters. The summed E-state index contributed by atoms with van der Waals surface area (Å²) >= 11 is 0.903. The van der Waals surface area contributed by atoms with Crippen molar-refractivity contribution in [1.82, 2.24) is 0 Å². The first-order valence-electron chi connectivity index (χ1n) is 4.17. The van der Waals surface area contributed by atoms with E-state index < -0.39 is 18.5 Å². The lowest BCUT2D eigenvalue weighted by Gasteiger charge is -2.21. The summed E-state index contributed by atoms with van der Waals surface area (Å²) in [5, 5.41) is 9.19. The normalized spacial score (nSPS) is 14.7. The maximum Gasteiger partial charge on any atom is 0.337 e. The second kappa shape index (κ2) is 4.09. The first-order valence-corrected chi connectivity index (χ1v) is 4.99. The van der Waals surface area contributed by atoms with E-state index >= 15 is 0 Å². The number of aryl methyl sites for hydroxylation is 2. The van der Waals surface area contributed by atoms with Gasteiger partial charge in [-0.1, -0.05) is 0 Å². The monoisotopic (exact) mass is 242 g/mol. The zero-order valence-corrected chi connectivity index (χ0v) is 8.92. The largest absolute Gasteiger partial charge is 0.381 e. The predicted molar refractivity (Wildman–Crippen MR) is 49.7 cm³/mol. The van der Waals surface area contributed by atoms with Crippen LogP contribution in [-0.4, -0.2) is 17.5 Å². The maximum absolute atomic E-state index is 12.8. The zero-order valence-electron chi connectivity index (χ0n) is 8.10. The molecule has 1 nitrogen and oxygen atoms in total. The van der Waals surface area contributed by atoms with Crippen LogP contribution in [0.5, 0.6) is 0 Å². The van der Waals surface area contributed by atoms with Crippen LogP contribution in [-0.2, 0) is 0 Å². The third-order valence-electron chi connectivity index (χ3n) is 1.98. The summed E-state index contributed by atoms with van der Waals surface area (Å²) in [6.45, 7) is 3.16. The predicted octanol–water partition coefficient (Wildman–Crippen LogP) is 3.30. The summed E-state index contributed by atoms with van der Waals surface area (Å²) in [6, 6.07) is 1.57. The van der Waals surface area contributed by atoms with Crippen LogP contribution in [0.3, 0.4) is 0 Å². The van der Waals surface area contributed by atoms with Crippen molar-refractivity contribution in [3.8, 4) is 0 Å². The van der Waals surface area contributed by atoms with E-state index in [4.69, 9.17) is 0 Å². The van der Waals surface area contributed by atoms with Crippen LogP contribution in [0.15, 0.2) is 6.07 Å². The molecule has 1 aromatic heterocycles. The van der Waals surface area contributed by atoms with Crippen molar-refractivity contribution in [2.75, 3.05) is 0 Å². The van der Waals surface area contributed by atoms with Crippen LogP contribution < -0.4 is 0 Å². The van der Waals surface area contributed by atoms with Gasteiger partial charge in [-0.3, -0.25) is 0 Å². The fourth-order valence-electron chi connectivity index (χ4n) is 1.23. The smallest absolute Gasteiger partial charge is 0.337 e. The molecule has 15 heavy (non-hydrogen) atoms. The zero-order chi connectivity index (χ0) is 11.8. The Bertz CT molecular complexity index is 348. The number of rotatable bonds is 3. The van der Waals surface area contributed by atoms with Gasteiger partial charge in [-0.05, 0) is 25.5 Å². The summed E-state index contributed by atoms with van der Waals surface area (Å²) in [4.78, 5) is 0.601. The molecule has 0 radical (unpaired) electrons. The van der Waals surface area contributed by atoms with Gasteiger partial charge in [-0.2, -0.15) is 8.78 Å². The summed E-state index contributed by atoms with van der Waals surface area (Å²) in [6.07, 6.45) is -6.30. The molecule has 86 valence electrons. The lowest BCUT2D eigenvalue weighted by atomic mass is 10.1. The minimum Gasteiger partial charge on any atom is -0.381 e. The van der Waals surface area contributed by atoms with E-state index in [0.29, 0.717) is 10.4 Å². The summed E-state index contributed by atoms with van der Waals surface area (Å²) in [5.41, 5.74) is 0.408. The quantitative estimate of drug-likeness (QED) is 0.806. The third kappa shape index (κ3) is 2.31. The molecule has 0 bridgehead atoms. The molecule has 1 atom stereocenters. The highest BCUT2D eigenvalue weighted by Crippen LogP contribution is 2.40. The van der Waals surface area contributed by atoms with Gasteiger partial charge >= 0.3 is 12.3 Å². The van der Waals surface area contributed by atoms with E-state index in [-0.39, 0.29) is 4.88 Å². The van der Waals surface area contributed by atoms with Gasteiger partial charge in [0.05, 0.1) is 0 Å². The number of aliphatic hydroxyl groups is 1. The van der Waals surface area contributed by atoms with Crippen LogP contribution in [0.1, 0.15) is 21.4 Å². The molecule has 0 aliphatic carbocycles. The molecule has 0 saturated carbocycles. The molecular formula is C9H10F4OS. The van der Waals surface area contributed by atoms with E-state index in [0.717, 1.165) is 11.3 Å². The molecule has 6 heteroatoms. The van der Waals surface area contributed by atoms with Crippen molar-refractivity contribution in [3.05, 3.63) is 21.4 Å². The molecule has 0 aromatic carbocycles. The number of halogens is 4. The Balaban J connectivity index is 3.04. The van der Waals surface area contributed by atoms with E-state index in [2.05, 4.69) is 0 Å². The highest BCUT2D eigenvalue weighted by Gasteiger charge is 2.49. The van der Waals surface area contributed by atoms with E-state index in [1.807, 2.05) is 0 Å². The Kier molecular flexibility index (Phi) is 3.40. The lowest BCUT2D eigenvalue weighted by molar-refractivity contribution is -0.193. The molecule has 0 spiro atoms. The number of hydrogen-bond donors (Lipinski definition) is 1. The fraction of sp³-hybridized carbons (Fsp3) is 0.556. The maximum atomic E-state index is 12.8. The van der Waals surface area contributed by atoms with Gasteiger partial charge in [0.15, 0.2) is 6.10 Å². The number of alkyl halides is 4. The highest BCUT2D eigenvalue weighted by molar-refractivity contribution is 7.12. The molecule has 0 saturated heterocycles. The van der Waals surface area contributed by atoms with Crippen LogP contribution in [0.25, 0.3) is 0 Å². The van der Waals surface area contributed by atoms with Gasteiger partial charge in [0.2, 0.25) is 0 Å². The van der Waals surface area contributed by atoms with E-state index in [1.54, 1.807) is 13.0 Å². The average Bonchev–Trinajstić information content (AvgIpc) is 2.43. The van der Waals surface area contributed by atoms with Crippen molar-refractivity contribution in [3.63, 3.8) is 0 Å². The summed E-state index contributed by atoms with van der Waals surface area (Å²) < 4.78 is 49.6. The van der Waals surface area contributed by atoms with Crippen molar-refractivity contribution < 1.29 is 22.7 Å². The molecule has 1 rings (SSSR count). The Morgan fingerprint density at radius 1 is 1.33 bits per heavy atom. The van der Waals surface area contributed by atoms with Crippen LogP contribution in [0, 0.1) is 13.8 Å². The standard InChI is InChI=1S/C9H10F4OS/c1-4-3-5(2)15-6(4)7(14)9(12,13)8(10)11/h3,7-8,14H,1-2H3. The Morgan fingerprint density at radius 3 is 2.20 bits per heavy atom. The summed E-state index contributed by atoms with van der Waals surface area (Å²) in [5.74, 6) is -4.40. The molecule has 0 fully saturated rings. The first kappa shape index (κ1) is 12.4. The number of hydrogen-bond acceptors (Lipinski definition) is 2. The van der Waals surface area contributed by atoms with Gasteiger partial charge in [0.1, 0.15) is 0 Å². The molecule has 0 aliphatic rings.